The van der Waals surface area contributed by atoms with Crippen molar-refractivity contribution in [3.8, 4) is 0 Å². The van der Waals surface area contributed by atoms with Crippen LogP contribution in [0.4, 0.5) is 14.5 Å². The van der Waals surface area contributed by atoms with Crippen LogP contribution in [0.3, 0.4) is 0 Å². The van der Waals surface area contributed by atoms with Gasteiger partial charge in [0.1, 0.15) is 11.6 Å². The van der Waals surface area contributed by atoms with Crippen molar-refractivity contribution in [1.82, 2.24) is 0 Å². The van der Waals surface area contributed by atoms with Gasteiger partial charge in [-0.25, -0.2) is 8.78 Å². The Morgan fingerprint density at radius 1 is 1.14 bits per heavy atom. The van der Waals surface area contributed by atoms with Gasteiger partial charge in [0.05, 0.1) is 5.69 Å². The smallest absolute Gasteiger partial charge is 0.258 e. The van der Waals surface area contributed by atoms with Crippen LogP contribution in [-0.2, 0) is 6.42 Å². The molecule has 0 radical (unpaired) electrons. The minimum atomic E-state index is -0.424. The van der Waals surface area contributed by atoms with Gasteiger partial charge < -0.3 is 4.90 Å². The predicted molar refractivity (Wildman–Crippen MR) is 77.5 cm³/mol. The van der Waals surface area contributed by atoms with E-state index in [1.807, 2.05) is 6.07 Å². The van der Waals surface area contributed by atoms with Crippen molar-refractivity contribution >= 4 is 11.6 Å². The summed E-state index contributed by atoms with van der Waals surface area (Å²) in [5.74, 6) is -1.19. The van der Waals surface area contributed by atoms with Gasteiger partial charge in [-0.1, -0.05) is 18.2 Å². The second-order valence-electron chi connectivity index (χ2n) is 5.27. The van der Waals surface area contributed by atoms with E-state index in [2.05, 4.69) is 0 Å². The summed E-state index contributed by atoms with van der Waals surface area (Å²) in [6, 6.07) is 9.18. The number of rotatable bonds is 1. The van der Waals surface area contributed by atoms with E-state index in [0.29, 0.717) is 17.8 Å². The molecular formula is C17H15F2NO. The van der Waals surface area contributed by atoms with Crippen molar-refractivity contribution in [2.75, 3.05) is 11.4 Å². The third-order valence-corrected chi connectivity index (χ3v) is 3.83. The molecule has 3 rings (SSSR count). The SMILES string of the molecule is Cc1ccc(C(=O)N2CCCc3cccc(F)c32)cc1F. The molecule has 2 aromatic carbocycles. The Labute approximate surface area is 122 Å². The van der Waals surface area contributed by atoms with Crippen molar-refractivity contribution in [1.29, 1.82) is 0 Å². The van der Waals surface area contributed by atoms with Crippen LogP contribution in [0.25, 0.3) is 0 Å². The molecular weight excluding hydrogens is 272 g/mol. The van der Waals surface area contributed by atoms with Gasteiger partial charge in [0.25, 0.3) is 5.91 Å². The maximum absolute atomic E-state index is 14.1. The fourth-order valence-corrected chi connectivity index (χ4v) is 2.69. The summed E-state index contributed by atoms with van der Waals surface area (Å²) in [6.45, 7) is 2.09. The first-order chi connectivity index (χ1) is 10.1. The van der Waals surface area contributed by atoms with Gasteiger partial charge in [0.2, 0.25) is 0 Å². The summed E-state index contributed by atoms with van der Waals surface area (Å²) in [5, 5.41) is 0. The van der Waals surface area contributed by atoms with Crippen LogP contribution in [0.15, 0.2) is 36.4 Å². The molecule has 1 aliphatic heterocycles. The lowest BCUT2D eigenvalue weighted by molar-refractivity contribution is 0.0983. The van der Waals surface area contributed by atoms with Gasteiger partial charge >= 0.3 is 0 Å². The first-order valence-corrected chi connectivity index (χ1v) is 6.93. The van der Waals surface area contributed by atoms with Crippen molar-refractivity contribution in [3.63, 3.8) is 0 Å². The van der Waals surface area contributed by atoms with E-state index >= 15 is 0 Å². The molecule has 2 nitrogen and oxygen atoms in total. The molecule has 0 spiro atoms. The van der Waals surface area contributed by atoms with Crippen LogP contribution in [0.2, 0.25) is 0 Å². The second kappa shape index (κ2) is 5.28. The standard InChI is InChI=1S/C17H15F2NO/c1-11-7-8-13(10-15(11)19)17(21)20-9-3-5-12-4-2-6-14(18)16(12)20/h2,4,6-8,10H,3,5,9H2,1H3. The number of anilines is 1. The number of hydrogen-bond acceptors (Lipinski definition) is 1. The summed E-state index contributed by atoms with van der Waals surface area (Å²) in [4.78, 5) is 14.0. The highest BCUT2D eigenvalue weighted by Gasteiger charge is 2.26. The van der Waals surface area contributed by atoms with E-state index in [1.54, 1.807) is 25.1 Å². The highest BCUT2D eigenvalue weighted by Crippen LogP contribution is 2.31. The van der Waals surface area contributed by atoms with Gasteiger partial charge in [0, 0.05) is 12.1 Å². The molecule has 0 unspecified atom stereocenters. The summed E-state index contributed by atoms with van der Waals surface area (Å²) < 4.78 is 27.7. The number of halogens is 2. The molecule has 0 atom stereocenters. The number of amides is 1. The number of aryl methyl sites for hydroxylation is 2. The molecule has 21 heavy (non-hydrogen) atoms. The molecule has 0 aromatic heterocycles. The number of benzene rings is 2. The number of carbonyl (C=O) groups is 1. The molecule has 0 aliphatic carbocycles. The molecule has 0 N–H and O–H groups in total. The van der Waals surface area contributed by atoms with Crippen molar-refractivity contribution < 1.29 is 13.6 Å². The Hall–Kier alpha value is -2.23. The average molecular weight is 287 g/mol. The molecule has 1 amide bonds. The van der Waals surface area contributed by atoms with E-state index in [-0.39, 0.29) is 11.5 Å². The van der Waals surface area contributed by atoms with Crippen molar-refractivity contribution in [2.24, 2.45) is 0 Å². The summed E-state index contributed by atoms with van der Waals surface area (Å²) in [7, 11) is 0. The van der Waals surface area contributed by atoms with Gasteiger partial charge in [-0.2, -0.15) is 0 Å². The molecule has 0 saturated carbocycles. The number of fused-ring (bicyclic) bond motifs is 1. The van der Waals surface area contributed by atoms with Crippen LogP contribution in [0.1, 0.15) is 27.9 Å². The Bertz CT molecular complexity index is 712. The Kier molecular flexibility index (Phi) is 3.45. The first-order valence-electron chi connectivity index (χ1n) is 6.93. The number of hydrogen-bond donors (Lipinski definition) is 0. The fourth-order valence-electron chi connectivity index (χ4n) is 2.69. The topological polar surface area (TPSA) is 20.3 Å². The summed E-state index contributed by atoms with van der Waals surface area (Å²) >= 11 is 0. The van der Waals surface area contributed by atoms with E-state index < -0.39 is 11.6 Å². The molecule has 0 saturated heterocycles. The van der Waals surface area contributed by atoms with Crippen LogP contribution in [0, 0.1) is 18.6 Å². The normalized spacial score (nSPS) is 14.0. The van der Waals surface area contributed by atoms with Crippen LogP contribution >= 0.6 is 0 Å². The zero-order valence-electron chi connectivity index (χ0n) is 11.7. The third kappa shape index (κ3) is 2.42. The lowest BCUT2D eigenvalue weighted by Gasteiger charge is -2.30. The number of para-hydroxylation sites is 1. The van der Waals surface area contributed by atoms with Crippen molar-refractivity contribution in [2.45, 2.75) is 19.8 Å². The van der Waals surface area contributed by atoms with Crippen LogP contribution in [-0.4, -0.2) is 12.5 Å². The number of nitrogens with zero attached hydrogens (tertiary/aromatic N) is 1. The van der Waals surface area contributed by atoms with Gasteiger partial charge in [-0.05, 0) is 49.1 Å². The predicted octanol–water partition coefficient (Wildman–Crippen LogP) is 3.87. The summed E-state index contributed by atoms with van der Waals surface area (Å²) in [6.07, 6.45) is 1.52. The zero-order valence-corrected chi connectivity index (χ0v) is 11.7. The molecule has 0 bridgehead atoms. The highest BCUT2D eigenvalue weighted by atomic mass is 19.1. The van der Waals surface area contributed by atoms with E-state index in [0.717, 1.165) is 18.4 Å². The second-order valence-corrected chi connectivity index (χ2v) is 5.27. The molecule has 1 aliphatic rings. The van der Waals surface area contributed by atoms with E-state index in [4.69, 9.17) is 0 Å². The van der Waals surface area contributed by atoms with Gasteiger partial charge in [-0.15, -0.1) is 0 Å². The lowest BCUT2D eigenvalue weighted by Crippen LogP contribution is -2.36. The maximum Gasteiger partial charge on any atom is 0.258 e. The van der Waals surface area contributed by atoms with Gasteiger partial charge in [-0.3, -0.25) is 4.79 Å². The van der Waals surface area contributed by atoms with Crippen LogP contribution in [0.5, 0.6) is 0 Å². The molecule has 2 aromatic rings. The number of carbonyl (C=O) groups excluding carboxylic acids is 1. The maximum atomic E-state index is 14.1. The van der Waals surface area contributed by atoms with E-state index in [9.17, 15) is 13.6 Å². The third-order valence-electron chi connectivity index (χ3n) is 3.83. The fraction of sp³-hybridized carbons (Fsp3) is 0.235. The lowest BCUT2D eigenvalue weighted by atomic mass is 10.00. The molecule has 1 heterocycles. The zero-order chi connectivity index (χ0) is 15.0. The summed E-state index contributed by atoms with van der Waals surface area (Å²) in [5.41, 5.74) is 1.88. The monoisotopic (exact) mass is 287 g/mol. The minimum absolute atomic E-state index is 0.245. The van der Waals surface area contributed by atoms with Crippen molar-refractivity contribution in [3.05, 3.63) is 64.7 Å². The molecule has 108 valence electrons. The Morgan fingerprint density at radius 2 is 1.95 bits per heavy atom. The minimum Gasteiger partial charge on any atom is -0.305 e. The van der Waals surface area contributed by atoms with Gasteiger partial charge in [0.15, 0.2) is 0 Å². The average Bonchev–Trinajstić information content (AvgIpc) is 2.49. The highest BCUT2D eigenvalue weighted by molar-refractivity contribution is 6.06. The van der Waals surface area contributed by atoms with E-state index in [1.165, 1.54) is 17.0 Å². The molecule has 4 heteroatoms. The van der Waals surface area contributed by atoms with Crippen LogP contribution < -0.4 is 4.90 Å². The Morgan fingerprint density at radius 3 is 2.71 bits per heavy atom. The first kappa shape index (κ1) is 13.7. The quantitative estimate of drug-likeness (QED) is 0.779. The Balaban J connectivity index is 2.02. The molecule has 0 fully saturated rings. The largest absolute Gasteiger partial charge is 0.305 e.